The van der Waals surface area contributed by atoms with Gasteiger partial charge in [0.15, 0.2) is 0 Å². The van der Waals surface area contributed by atoms with Crippen molar-refractivity contribution in [3.63, 3.8) is 0 Å². The third kappa shape index (κ3) is 1.94. The van der Waals surface area contributed by atoms with E-state index in [1.165, 1.54) is 5.52 Å². The lowest BCUT2D eigenvalue weighted by atomic mass is 10.0. The molecule has 1 saturated carbocycles. The van der Waals surface area contributed by atoms with Crippen molar-refractivity contribution in [3.8, 4) is 0 Å². The first-order valence-corrected chi connectivity index (χ1v) is 6.73. The summed E-state index contributed by atoms with van der Waals surface area (Å²) in [5.41, 5.74) is 2.28. The topological polar surface area (TPSA) is 34.9 Å². The maximum atomic E-state index is 11.3. The molecule has 2 aromatic rings. The van der Waals surface area contributed by atoms with E-state index in [1.54, 1.807) is 0 Å². The van der Waals surface area contributed by atoms with Crippen molar-refractivity contribution in [2.24, 2.45) is 5.92 Å². The number of ketones is 1. The average molecular weight is 242 g/mol. The normalized spacial score (nSPS) is 19.8. The van der Waals surface area contributed by atoms with Crippen LogP contribution in [0.4, 0.5) is 0 Å². The fourth-order valence-corrected chi connectivity index (χ4v) is 2.96. The summed E-state index contributed by atoms with van der Waals surface area (Å²) in [5.74, 6) is 2.05. The van der Waals surface area contributed by atoms with Crippen LogP contribution < -0.4 is 0 Å². The van der Waals surface area contributed by atoms with Gasteiger partial charge in [-0.25, -0.2) is 4.98 Å². The second-order valence-corrected chi connectivity index (χ2v) is 5.11. The molecule has 1 fully saturated rings. The van der Waals surface area contributed by atoms with Gasteiger partial charge in [-0.15, -0.1) is 0 Å². The Morgan fingerprint density at radius 3 is 2.94 bits per heavy atom. The summed E-state index contributed by atoms with van der Waals surface area (Å²) in [5, 5.41) is 0. The van der Waals surface area contributed by atoms with Gasteiger partial charge in [0.05, 0.1) is 11.0 Å². The van der Waals surface area contributed by atoms with E-state index in [1.807, 2.05) is 6.07 Å². The van der Waals surface area contributed by atoms with Crippen molar-refractivity contribution in [3.05, 3.63) is 30.1 Å². The molecule has 1 aromatic heterocycles. The molecule has 0 aliphatic heterocycles. The molecule has 0 N–H and O–H groups in total. The molecule has 1 atom stereocenters. The van der Waals surface area contributed by atoms with Crippen molar-refractivity contribution in [2.45, 2.75) is 39.2 Å². The SMILES string of the molecule is CCn1c(CC2CCC(=O)C2)nc2ccccc21. The highest BCUT2D eigenvalue weighted by Crippen LogP contribution is 2.27. The first-order valence-electron chi connectivity index (χ1n) is 6.73. The molecular formula is C15H18N2O. The molecule has 3 heteroatoms. The average Bonchev–Trinajstić information content (AvgIpc) is 2.92. The number of carbonyl (C=O) groups excluding carboxylic acids is 1. The number of benzene rings is 1. The molecule has 1 aliphatic carbocycles. The predicted molar refractivity (Wildman–Crippen MR) is 71.5 cm³/mol. The Morgan fingerprint density at radius 2 is 2.22 bits per heavy atom. The van der Waals surface area contributed by atoms with Gasteiger partial charge in [-0.05, 0) is 31.4 Å². The van der Waals surface area contributed by atoms with Gasteiger partial charge in [-0.1, -0.05) is 12.1 Å². The first-order chi connectivity index (χ1) is 8.78. The van der Waals surface area contributed by atoms with Gasteiger partial charge < -0.3 is 4.57 Å². The minimum absolute atomic E-state index is 0.416. The summed E-state index contributed by atoms with van der Waals surface area (Å²) in [7, 11) is 0. The number of para-hydroxylation sites is 2. The van der Waals surface area contributed by atoms with Crippen LogP contribution >= 0.6 is 0 Å². The van der Waals surface area contributed by atoms with Gasteiger partial charge in [0, 0.05) is 25.8 Å². The smallest absolute Gasteiger partial charge is 0.133 e. The largest absolute Gasteiger partial charge is 0.328 e. The molecular weight excluding hydrogens is 224 g/mol. The molecule has 1 aliphatic rings. The second-order valence-electron chi connectivity index (χ2n) is 5.11. The van der Waals surface area contributed by atoms with E-state index in [9.17, 15) is 4.79 Å². The maximum absolute atomic E-state index is 11.3. The van der Waals surface area contributed by atoms with E-state index in [2.05, 4.69) is 29.7 Å². The van der Waals surface area contributed by atoms with E-state index >= 15 is 0 Å². The van der Waals surface area contributed by atoms with Crippen LogP contribution in [0.15, 0.2) is 24.3 Å². The molecule has 0 bridgehead atoms. The lowest BCUT2D eigenvalue weighted by molar-refractivity contribution is -0.117. The highest BCUT2D eigenvalue weighted by molar-refractivity contribution is 5.80. The van der Waals surface area contributed by atoms with Crippen LogP contribution in [0.25, 0.3) is 11.0 Å². The highest BCUT2D eigenvalue weighted by Gasteiger charge is 2.24. The Bertz CT molecular complexity index is 585. The molecule has 0 radical (unpaired) electrons. The number of carbonyl (C=O) groups is 1. The van der Waals surface area contributed by atoms with Crippen LogP contribution in [-0.2, 0) is 17.8 Å². The number of fused-ring (bicyclic) bond motifs is 1. The number of rotatable bonds is 3. The Hall–Kier alpha value is -1.64. The summed E-state index contributed by atoms with van der Waals surface area (Å²) in [6.07, 6.45) is 3.48. The van der Waals surface area contributed by atoms with E-state index < -0.39 is 0 Å². The molecule has 18 heavy (non-hydrogen) atoms. The molecule has 94 valence electrons. The standard InChI is InChI=1S/C15H18N2O/c1-2-17-14-6-4-3-5-13(14)16-15(17)10-11-7-8-12(18)9-11/h3-6,11H,2,7-10H2,1H3. The zero-order chi connectivity index (χ0) is 12.5. The summed E-state index contributed by atoms with van der Waals surface area (Å²) in [6.45, 7) is 3.09. The maximum Gasteiger partial charge on any atom is 0.133 e. The number of imidazole rings is 1. The summed E-state index contributed by atoms with van der Waals surface area (Å²) in [6, 6.07) is 8.26. The molecule has 3 rings (SSSR count). The van der Waals surface area contributed by atoms with Gasteiger partial charge >= 0.3 is 0 Å². The lowest BCUT2D eigenvalue weighted by Gasteiger charge is -2.09. The minimum Gasteiger partial charge on any atom is -0.328 e. The molecule has 0 amide bonds. The van der Waals surface area contributed by atoms with Gasteiger partial charge in [-0.3, -0.25) is 4.79 Å². The molecule has 1 unspecified atom stereocenters. The molecule has 1 heterocycles. The van der Waals surface area contributed by atoms with Crippen molar-refractivity contribution in [2.75, 3.05) is 0 Å². The van der Waals surface area contributed by atoms with Gasteiger partial charge in [0.25, 0.3) is 0 Å². The van der Waals surface area contributed by atoms with E-state index in [0.717, 1.165) is 43.6 Å². The third-order valence-electron chi connectivity index (χ3n) is 3.87. The highest BCUT2D eigenvalue weighted by atomic mass is 16.1. The Kier molecular flexibility index (Phi) is 2.90. The molecule has 3 nitrogen and oxygen atoms in total. The van der Waals surface area contributed by atoms with Crippen LogP contribution in [-0.4, -0.2) is 15.3 Å². The summed E-state index contributed by atoms with van der Waals surface area (Å²) < 4.78 is 2.28. The Balaban J connectivity index is 1.93. The summed E-state index contributed by atoms with van der Waals surface area (Å²) >= 11 is 0. The van der Waals surface area contributed by atoms with E-state index in [-0.39, 0.29) is 0 Å². The number of aryl methyl sites for hydroxylation is 1. The Morgan fingerprint density at radius 1 is 1.39 bits per heavy atom. The minimum atomic E-state index is 0.416. The zero-order valence-corrected chi connectivity index (χ0v) is 10.7. The van der Waals surface area contributed by atoms with Gasteiger partial charge in [-0.2, -0.15) is 0 Å². The number of aromatic nitrogens is 2. The van der Waals surface area contributed by atoms with E-state index in [0.29, 0.717) is 11.7 Å². The van der Waals surface area contributed by atoms with Crippen molar-refractivity contribution in [1.29, 1.82) is 0 Å². The number of nitrogens with zero attached hydrogens (tertiary/aromatic N) is 2. The second kappa shape index (κ2) is 4.56. The van der Waals surface area contributed by atoms with Crippen molar-refractivity contribution >= 4 is 16.8 Å². The number of hydrogen-bond donors (Lipinski definition) is 0. The van der Waals surface area contributed by atoms with E-state index in [4.69, 9.17) is 4.98 Å². The Labute approximate surface area is 107 Å². The van der Waals surface area contributed by atoms with Crippen LogP contribution in [0, 0.1) is 5.92 Å². The van der Waals surface area contributed by atoms with Crippen LogP contribution in [0.5, 0.6) is 0 Å². The van der Waals surface area contributed by atoms with Crippen LogP contribution in [0.1, 0.15) is 32.0 Å². The van der Waals surface area contributed by atoms with Crippen LogP contribution in [0.2, 0.25) is 0 Å². The number of Topliss-reactive ketones (excluding diaryl/α,β-unsaturated/α-hetero) is 1. The molecule has 1 aromatic carbocycles. The quantitative estimate of drug-likeness (QED) is 0.829. The third-order valence-corrected chi connectivity index (χ3v) is 3.87. The van der Waals surface area contributed by atoms with Crippen molar-refractivity contribution in [1.82, 2.24) is 9.55 Å². The monoisotopic (exact) mass is 242 g/mol. The first kappa shape index (κ1) is 11.5. The lowest BCUT2D eigenvalue weighted by Crippen LogP contribution is -2.08. The van der Waals surface area contributed by atoms with Crippen molar-refractivity contribution < 1.29 is 4.79 Å². The fourth-order valence-electron chi connectivity index (χ4n) is 2.96. The zero-order valence-electron chi connectivity index (χ0n) is 10.7. The molecule has 0 saturated heterocycles. The summed E-state index contributed by atoms with van der Waals surface area (Å²) in [4.78, 5) is 16.1. The van der Waals surface area contributed by atoms with Gasteiger partial charge in [0.2, 0.25) is 0 Å². The number of hydrogen-bond acceptors (Lipinski definition) is 2. The van der Waals surface area contributed by atoms with Gasteiger partial charge in [0.1, 0.15) is 11.6 Å². The fraction of sp³-hybridized carbons (Fsp3) is 0.467. The molecule has 0 spiro atoms. The predicted octanol–water partition coefficient (Wildman–Crippen LogP) is 2.97. The van der Waals surface area contributed by atoms with Crippen LogP contribution in [0.3, 0.4) is 0 Å².